The van der Waals surface area contributed by atoms with Gasteiger partial charge >= 0.3 is 0 Å². The van der Waals surface area contributed by atoms with E-state index in [0.29, 0.717) is 0 Å². The molecule has 19 heavy (non-hydrogen) atoms. The molecular formula is C14H12Br2FNO. The van der Waals surface area contributed by atoms with Crippen LogP contribution in [-0.4, -0.2) is 6.54 Å². The molecule has 1 atom stereocenters. The van der Waals surface area contributed by atoms with Crippen LogP contribution in [0, 0.1) is 5.82 Å². The predicted molar refractivity (Wildman–Crippen MR) is 80.7 cm³/mol. The van der Waals surface area contributed by atoms with Gasteiger partial charge in [-0.2, -0.15) is 0 Å². The van der Waals surface area contributed by atoms with Gasteiger partial charge in [0, 0.05) is 15.5 Å². The van der Waals surface area contributed by atoms with Gasteiger partial charge in [0.25, 0.3) is 0 Å². The summed E-state index contributed by atoms with van der Waals surface area (Å²) in [4.78, 5) is 0. The Kier molecular flexibility index (Phi) is 4.96. The SMILES string of the molecule is NCC(Oc1cc(Br)ccc1F)c1ccc(Br)cc1. The summed E-state index contributed by atoms with van der Waals surface area (Å²) >= 11 is 6.66. The monoisotopic (exact) mass is 387 g/mol. The van der Waals surface area contributed by atoms with Crippen molar-refractivity contribution in [3.05, 3.63) is 62.8 Å². The van der Waals surface area contributed by atoms with Crippen molar-refractivity contribution in [2.75, 3.05) is 6.54 Å². The van der Waals surface area contributed by atoms with Gasteiger partial charge in [-0.15, -0.1) is 0 Å². The quantitative estimate of drug-likeness (QED) is 0.840. The molecule has 5 heteroatoms. The Morgan fingerprint density at radius 2 is 1.68 bits per heavy atom. The minimum Gasteiger partial charge on any atom is -0.481 e. The van der Waals surface area contributed by atoms with Crippen molar-refractivity contribution in [2.45, 2.75) is 6.10 Å². The van der Waals surface area contributed by atoms with E-state index in [1.807, 2.05) is 24.3 Å². The lowest BCUT2D eigenvalue weighted by Gasteiger charge is -2.18. The van der Waals surface area contributed by atoms with Crippen LogP contribution in [0.4, 0.5) is 4.39 Å². The van der Waals surface area contributed by atoms with E-state index in [0.717, 1.165) is 14.5 Å². The van der Waals surface area contributed by atoms with Crippen LogP contribution in [-0.2, 0) is 0 Å². The zero-order chi connectivity index (χ0) is 13.8. The highest BCUT2D eigenvalue weighted by Gasteiger charge is 2.14. The van der Waals surface area contributed by atoms with Crippen molar-refractivity contribution in [3.63, 3.8) is 0 Å². The highest BCUT2D eigenvalue weighted by Crippen LogP contribution is 2.27. The first-order chi connectivity index (χ1) is 9.10. The normalized spacial score (nSPS) is 12.2. The van der Waals surface area contributed by atoms with E-state index in [4.69, 9.17) is 10.5 Å². The van der Waals surface area contributed by atoms with Crippen LogP contribution in [0.5, 0.6) is 5.75 Å². The number of rotatable bonds is 4. The second-order valence-electron chi connectivity index (χ2n) is 3.97. The number of benzene rings is 2. The maximum absolute atomic E-state index is 13.7. The summed E-state index contributed by atoms with van der Waals surface area (Å²) in [6.45, 7) is 0.271. The Morgan fingerprint density at radius 3 is 2.32 bits per heavy atom. The molecule has 2 aromatic carbocycles. The van der Waals surface area contributed by atoms with Crippen molar-refractivity contribution in [1.29, 1.82) is 0 Å². The molecule has 2 rings (SSSR count). The van der Waals surface area contributed by atoms with Gasteiger partial charge < -0.3 is 10.5 Å². The van der Waals surface area contributed by atoms with E-state index < -0.39 is 5.82 Å². The summed E-state index contributed by atoms with van der Waals surface area (Å²) in [5, 5.41) is 0. The first kappa shape index (κ1) is 14.5. The van der Waals surface area contributed by atoms with Crippen molar-refractivity contribution in [1.82, 2.24) is 0 Å². The molecule has 0 aliphatic rings. The third-order valence-corrected chi connectivity index (χ3v) is 3.64. The summed E-state index contributed by atoms with van der Waals surface area (Å²) in [5.74, 6) is -0.216. The number of ether oxygens (including phenoxy) is 1. The lowest BCUT2D eigenvalue weighted by atomic mass is 10.1. The van der Waals surface area contributed by atoms with Crippen molar-refractivity contribution in [2.24, 2.45) is 5.73 Å². The second-order valence-corrected chi connectivity index (χ2v) is 5.80. The third kappa shape index (κ3) is 3.78. The lowest BCUT2D eigenvalue weighted by Crippen LogP contribution is -2.18. The fourth-order valence-electron chi connectivity index (χ4n) is 1.65. The molecule has 0 radical (unpaired) electrons. The highest BCUT2D eigenvalue weighted by atomic mass is 79.9. The summed E-state index contributed by atoms with van der Waals surface area (Å²) in [6, 6.07) is 12.2. The topological polar surface area (TPSA) is 35.2 Å². The molecule has 1 unspecified atom stereocenters. The van der Waals surface area contributed by atoms with Gasteiger partial charge in [-0.25, -0.2) is 4.39 Å². The maximum Gasteiger partial charge on any atom is 0.165 e. The molecule has 2 nitrogen and oxygen atoms in total. The van der Waals surface area contributed by atoms with Gasteiger partial charge in [-0.05, 0) is 35.9 Å². The van der Waals surface area contributed by atoms with E-state index in [9.17, 15) is 4.39 Å². The lowest BCUT2D eigenvalue weighted by molar-refractivity contribution is 0.204. The van der Waals surface area contributed by atoms with Crippen LogP contribution in [0.25, 0.3) is 0 Å². The van der Waals surface area contributed by atoms with E-state index >= 15 is 0 Å². The molecular weight excluding hydrogens is 377 g/mol. The van der Waals surface area contributed by atoms with Crippen LogP contribution in [0.15, 0.2) is 51.4 Å². The average molecular weight is 389 g/mol. The Balaban J connectivity index is 2.23. The molecule has 0 heterocycles. The standard InChI is InChI=1S/C14H12Br2FNO/c15-10-3-1-9(2-4-10)14(8-18)19-13-7-11(16)5-6-12(13)17/h1-7,14H,8,18H2. The van der Waals surface area contributed by atoms with Crippen molar-refractivity contribution >= 4 is 31.9 Å². The van der Waals surface area contributed by atoms with Crippen LogP contribution in [0.1, 0.15) is 11.7 Å². The van der Waals surface area contributed by atoms with Crippen LogP contribution in [0.3, 0.4) is 0 Å². The Morgan fingerprint density at radius 1 is 1.05 bits per heavy atom. The van der Waals surface area contributed by atoms with E-state index in [1.165, 1.54) is 6.07 Å². The van der Waals surface area contributed by atoms with Crippen molar-refractivity contribution < 1.29 is 9.13 Å². The fourth-order valence-corrected chi connectivity index (χ4v) is 2.25. The minimum atomic E-state index is -0.404. The average Bonchev–Trinajstić information content (AvgIpc) is 2.41. The largest absolute Gasteiger partial charge is 0.481 e. The number of hydrogen-bond acceptors (Lipinski definition) is 2. The molecule has 0 fully saturated rings. The van der Waals surface area contributed by atoms with Gasteiger partial charge in [0.05, 0.1) is 0 Å². The van der Waals surface area contributed by atoms with Crippen molar-refractivity contribution in [3.8, 4) is 5.75 Å². The number of halogens is 3. The number of hydrogen-bond donors (Lipinski definition) is 1. The maximum atomic E-state index is 13.7. The first-order valence-electron chi connectivity index (χ1n) is 5.67. The molecule has 0 bridgehead atoms. The second kappa shape index (κ2) is 6.50. The molecule has 0 amide bonds. The van der Waals surface area contributed by atoms with E-state index in [1.54, 1.807) is 12.1 Å². The summed E-state index contributed by atoms with van der Waals surface area (Å²) in [7, 11) is 0. The molecule has 2 N–H and O–H groups in total. The Bertz CT molecular complexity index is 560. The minimum absolute atomic E-state index is 0.188. The van der Waals surface area contributed by atoms with Gasteiger partial charge in [0.2, 0.25) is 0 Å². The van der Waals surface area contributed by atoms with Gasteiger partial charge in [0.1, 0.15) is 6.10 Å². The van der Waals surface area contributed by atoms with Crippen LogP contribution >= 0.6 is 31.9 Å². The first-order valence-corrected chi connectivity index (χ1v) is 7.26. The van der Waals surface area contributed by atoms with E-state index in [2.05, 4.69) is 31.9 Å². The molecule has 0 aromatic heterocycles. The smallest absolute Gasteiger partial charge is 0.165 e. The Hall–Kier alpha value is -0.910. The molecule has 0 aliphatic carbocycles. The molecule has 0 spiro atoms. The third-order valence-electron chi connectivity index (χ3n) is 2.62. The van der Waals surface area contributed by atoms with Gasteiger partial charge in [-0.3, -0.25) is 0 Å². The van der Waals surface area contributed by atoms with E-state index in [-0.39, 0.29) is 18.4 Å². The van der Waals surface area contributed by atoms with Crippen LogP contribution < -0.4 is 10.5 Å². The fraction of sp³-hybridized carbons (Fsp3) is 0.143. The zero-order valence-corrected chi connectivity index (χ0v) is 13.1. The summed E-state index contributed by atoms with van der Waals surface area (Å²) in [6.07, 6.45) is -0.378. The molecule has 100 valence electrons. The summed E-state index contributed by atoms with van der Waals surface area (Å²) in [5.41, 5.74) is 6.62. The van der Waals surface area contributed by atoms with Gasteiger partial charge in [0.15, 0.2) is 11.6 Å². The predicted octanol–water partition coefficient (Wildman–Crippen LogP) is 4.43. The van der Waals surface area contributed by atoms with Gasteiger partial charge in [-0.1, -0.05) is 44.0 Å². The zero-order valence-electron chi connectivity index (χ0n) is 9.95. The summed E-state index contributed by atoms with van der Waals surface area (Å²) < 4.78 is 21.0. The molecule has 0 aliphatic heterocycles. The van der Waals surface area contributed by atoms with Crippen LogP contribution in [0.2, 0.25) is 0 Å². The molecule has 2 aromatic rings. The Labute approximate surface area is 128 Å². The number of nitrogens with two attached hydrogens (primary N) is 1. The highest BCUT2D eigenvalue weighted by molar-refractivity contribution is 9.10. The molecule has 0 saturated heterocycles. The molecule has 0 saturated carbocycles.